The van der Waals surface area contributed by atoms with Crippen molar-refractivity contribution in [1.82, 2.24) is 5.32 Å². The highest BCUT2D eigenvalue weighted by molar-refractivity contribution is 9.10. The number of benzene rings is 1. The number of likely N-dealkylation sites (N-methyl/N-ethyl adjacent to an activating group) is 1. The zero-order chi connectivity index (χ0) is 10.2. The van der Waals surface area contributed by atoms with E-state index in [-0.39, 0.29) is 11.4 Å². The van der Waals surface area contributed by atoms with Crippen molar-refractivity contribution in [2.75, 3.05) is 7.05 Å². The Labute approximate surface area is 91.8 Å². The van der Waals surface area contributed by atoms with E-state index in [0.29, 0.717) is 0 Å². The largest absolute Gasteiger partial charge is 0.314 e. The number of hydrogen-bond acceptors (Lipinski definition) is 1. The molecule has 1 aliphatic rings. The molecule has 1 N–H and O–H groups in total. The quantitative estimate of drug-likeness (QED) is 0.879. The van der Waals surface area contributed by atoms with Crippen molar-refractivity contribution in [2.45, 2.75) is 24.8 Å². The minimum Gasteiger partial charge on any atom is -0.314 e. The van der Waals surface area contributed by atoms with E-state index >= 15 is 0 Å². The van der Waals surface area contributed by atoms with E-state index in [1.807, 2.05) is 13.1 Å². The molecule has 1 nitrogen and oxygen atoms in total. The average molecular weight is 258 g/mol. The van der Waals surface area contributed by atoms with Gasteiger partial charge in [0.15, 0.2) is 0 Å². The first-order valence-electron chi connectivity index (χ1n) is 4.77. The van der Waals surface area contributed by atoms with Crippen LogP contribution in [0.2, 0.25) is 0 Å². The van der Waals surface area contributed by atoms with Gasteiger partial charge in [-0.15, -0.1) is 0 Å². The first-order valence-corrected chi connectivity index (χ1v) is 5.57. The molecule has 0 amide bonds. The second kappa shape index (κ2) is 3.63. The van der Waals surface area contributed by atoms with E-state index in [2.05, 4.69) is 21.2 Å². The predicted octanol–water partition coefficient (Wildman–Crippen LogP) is 2.88. The Bertz CT molecular complexity index is 327. The van der Waals surface area contributed by atoms with Crippen LogP contribution < -0.4 is 5.32 Å². The summed E-state index contributed by atoms with van der Waals surface area (Å²) in [6.45, 7) is 0. The summed E-state index contributed by atoms with van der Waals surface area (Å²) in [7, 11) is 1.97. The fraction of sp³-hybridized carbons (Fsp3) is 0.455. The third kappa shape index (κ3) is 2.15. The van der Waals surface area contributed by atoms with Crippen LogP contribution in [-0.4, -0.2) is 12.6 Å². The lowest BCUT2D eigenvalue weighted by atomic mass is 10.0. The highest BCUT2D eigenvalue weighted by Crippen LogP contribution is 2.38. The van der Waals surface area contributed by atoms with Crippen molar-refractivity contribution in [3.05, 3.63) is 34.1 Å². The first-order chi connectivity index (χ1) is 6.63. The number of halogens is 2. The number of rotatable bonds is 3. The van der Waals surface area contributed by atoms with E-state index in [1.54, 1.807) is 6.07 Å². The summed E-state index contributed by atoms with van der Waals surface area (Å²) in [4.78, 5) is 0. The molecular formula is C11H13BrFN. The molecule has 0 atom stereocenters. The first kappa shape index (κ1) is 10.1. The van der Waals surface area contributed by atoms with E-state index < -0.39 is 0 Å². The van der Waals surface area contributed by atoms with Crippen LogP contribution >= 0.6 is 15.9 Å². The lowest BCUT2D eigenvalue weighted by Crippen LogP contribution is -2.29. The van der Waals surface area contributed by atoms with Crippen LogP contribution in [0.4, 0.5) is 4.39 Å². The molecule has 0 unspecified atom stereocenters. The second-order valence-corrected chi connectivity index (χ2v) is 4.90. The summed E-state index contributed by atoms with van der Waals surface area (Å²) < 4.78 is 13.9. The van der Waals surface area contributed by atoms with Gasteiger partial charge in [-0.1, -0.05) is 15.9 Å². The molecule has 14 heavy (non-hydrogen) atoms. The van der Waals surface area contributed by atoms with Gasteiger partial charge < -0.3 is 5.32 Å². The second-order valence-electron chi connectivity index (χ2n) is 3.98. The number of nitrogens with one attached hydrogen (secondary N) is 1. The molecule has 0 aromatic heterocycles. The summed E-state index contributed by atoms with van der Waals surface area (Å²) in [5.41, 5.74) is 1.30. The molecule has 0 spiro atoms. The van der Waals surface area contributed by atoms with Gasteiger partial charge in [0.2, 0.25) is 0 Å². The van der Waals surface area contributed by atoms with Crippen LogP contribution in [0.1, 0.15) is 18.4 Å². The number of hydrogen-bond donors (Lipinski definition) is 1. The maximum Gasteiger partial charge on any atom is 0.124 e. The van der Waals surface area contributed by atoms with E-state index in [1.165, 1.54) is 18.9 Å². The minimum absolute atomic E-state index is 0.165. The van der Waals surface area contributed by atoms with Gasteiger partial charge in [-0.3, -0.25) is 0 Å². The summed E-state index contributed by atoms with van der Waals surface area (Å²) in [6.07, 6.45) is 3.30. The predicted molar refractivity (Wildman–Crippen MR) is 58.8 cm³/mol. The molecule has 0 aliphatic heterocycles. The van der Waals surface area contributed by atoms with Crippen molar-refractivity contribution in [3.63, 3.8) is 0 Å². The minimum atomic E-state index is -0.165. The average Bonchev–Trinajstić information content (AvgIpc) is 2.83. The molecule has 2 rings (SSSR count). The maximum atomic E-state index is 13.1. The summed E-state index contributed by atoms with van der Waals surface area (Å²) >= 11 is 3.30. The third-order valence-corrected chi connectivity index (χ3v) is 3.31. The Kier molecular flexibility index (Phi) is 2.62. The molecule has 1 fully saturated rings. The zero-order valence-corrected chi connectivity index (χ0v) is 9.70. The van der Waals surface area contributed by atoms with Crippen molar-refractivity contribution in [1.29, 1.82) is 0 Å². The molecule has 1 aromatic carbocycles. The molecule has 0 radical (unpaired) electrons. The van der Waals surface area contributed by atoms with Crippen molar-refractivity contribution >= 4 is 15.9 Å². The van der Waals surface area contributed by atoms with Crippen molar-refractivity contribution in [2.24, 2.45) is 0 Å². The highest BCUT2D eigenvalue weighted by Gasteiger charge is 2.40. The van der Waals surface area contributed by atoms with Gasteiger partial charge in [0.1, 0.15) is 5.82 Å². The van der Waals surface area contributed by atoms with E-state index in [4.69, 9.17) is 0 Å². The zero-order valence-electron chi connectivity index (χ0n) is 8.11. The Morgan fingerprint density at radius 3 is 2.64 bits per heavy atom. The van der Waals surface area contributed by atoms with Gasteiger partial charge in [-0.05, 0) is 50.1 Å². The molecule has 0 saturated heterocycles. The fourth-order valence-corrected chi connectivity index (χ4v) is 2.28. The van der Waals surface area contributed by atoms with Crippen molar-refractivity contribution in [3.8, 4) is 0 Å². The van der Waals surface area contributed by atoms with Gasteiger partial charge >= 0.3 is 0 Å². The normalized spacial score (nSPS) is 18.2. The molecule has 0 heterocycles. The summed E-state index contributed by atoms with van der Waals surface area (Å²) in [6, 6.07) is 5.09. The van der Waals surface area contributed by atoms with E-state index in [9.17, 15) is 4.39 Å². The Morgan fingerprint density at radius 2 is 2.14 bits per heavy atom. The van der Waals surface area contributed by atoms with Crippen LogP contribution in [0.25, 0.3) is 0 Å². The van der Waals surface area contributed by atoms with Crippen LogP contribution in [0.3, 0.4) is 0 Å². The Balaban J connectivity index is 2.16. The fourth-order valence-electron chi connectivity index (χ4n) is 1.77. The summed E-state index contributed by atoms with van der Waals surface area (Å²) in [5.74, 6) is -0.165. The molecule has 0 bridgehead atoms. The maximum absolute atomic E-state index is 13.1. The Morgan fingerprint density at radius 1 is 1.43 bits per heavy atom. The monoisotopic (exact) mass is 257 g/mol. The molecular weight excluding hydrogens is 245 g/mol. The van der Waals surface area contributed by atoms with Crippen LogP contribution in [-0.2, 0) is 6.42 Å². The van der Waals surface area contributed by atoms with Crippen LogP contribution in [0.5, 0.6) is 0 Å². The molecule has 1 aromatic rings. The van der Waals surface area contributed by atoms with Gasteiger partial charge in [0.05, 0.1) is 0 Å². The van der Waals surface area contributed by atoms with Crippen LogP contribution in [0.15, 0.2) is 22.7 Å². The molecule has 3 heteroatoms. The third-order valence-electron chi connectivity index (χ3n) is 2.85. The topological polar surface area (TPSA) is 12.0 Å². The Hall–Kier alpha value is -0.410. The standard InChI is InChI=1S/C11H13BrFN/c1-14-11(2-3-11)7-8-4-9(12)6-10(13)5-8/h4-6,14H,2-3,7H2,1H3. The summed E-state index contributed by atoms with van der Waals surface area (Å²) in [5, 5.41) is 3.30. The SMILES string of the molecule is CNC1(Cc2cc(F)cc(Br)c2)CC1. The molecule has 76 valence electrons. The smallest absolute Gasteiger partial charge is 0.124 e. The van der Waals surface area contributed by atoms with E-state index in [0.717, 1.165) is 16.5 Å². The van der Waals surface area contributed by atoms with Crippen molar-refractivity contribution < 1.29 is 4.39 Å². The molecule has 1 aliphatic carbocycles. The van der Waals surface area contributed by atoms with Crippen LogP contribution in [0, 0.1) is 5.82 Å². The van der Waals surface area contributed by atoms with Gasteiger partial charge in [0.25, 0.3) is 0 Å². The van der Waals surface area contributed by atoms with Gasteiger partial charge in [-0.2, -0.15) is 0 Å². The molecule has 1 saturated carbocycles. The lowest BCUT2D eigenvalue weighted by Gasteiger charge is -2.14. The highest BCUT2D eigenvalue weighted by atomic mass is 79.9. The lowest BCUT2D eigenvalue weighted by molar-refractivity contribution is 0.545. The van der Waals surface area contributed by atoms with Gasteiger partial charge in [0, 0.05) is 10.0 Å². The van der Waals surface area contributed by atoms with Gasteiger partial charge in [-0.25, -0.2) is 4.39 Å².